The van der Waals surface area contributed by atoms with E-state index >= 15 is 0 Å². The largest absolute Gasteiger partial charge is 0.384 e. The maximum atomic E-state index is 5.30. The molecule has 2 rings (SSSR count). The lowest BCUT2D eigenvalue weighted by Crippen LogP contribution is -2.59. The molecular weight excluding hydrogens is 242 g/mol. The quantitative estimate of drug-likeness (QED) is 0.892. The van der Waals surface area contributed by atoms with Crippen LogP contribution in [0.25, 0.3) is 0 Å². The molecule has 0 aliphatic carbocycles. The van der Waals surface area contributed by atoms with Crippen LogP contribution in [-0.2, 0) is 10.2 Å². The van der Waals surface area contributed by atoms with E-state index in [9.17, 15) is 0 Å². The number of halogens is 1. The average molecular weight is 256 g/mol. The molecule has 2 nitrogen and oxygen atoms in total. The van der Waals surface area contributed by atoms with Crippen molar-refractivity contribution in [3.63, 3.8) is 0 Å². The standard InChI is InChI=1S/C11H14BrNO/c1-14-8-11(6-13-7-11)9-4-2-3-5-10(9)12/h2-5,13H,6-8H2,1H3. The molecule has 1 aliphatic rings. The van der Waals surface area contributed by atoms with Gasteiger partial charge in [0.25, 0.3) is 0 Å². The Morgan fingerprint density at radius 2 is 2.14 bits per heavy atom. The van der Waals surface area contributed by atoms with Crippen molar-refractivity contribution in [3.05, 3.63) is 34.3 Å². The Morgan fingerprint density at radius 3 is 2.64 bits per heavy atom. The molecule has 3 heteroatoms. The highest BCUT2D eigenvalue weighted by atomic mass is 79.9. The van der Waals surface area contributed by atoms with Crippen LogP contribution in [0.3, 0.4) is 0 Å². The van der Waals surface area contributed by atoms with Crippen LogP contribution in [0.15, 0.2) is 28.7 Å². The van der Waals surface area contributed by atoms with Crippen LogP contribution < -0.4 is 5.32 Å². The molecule has 1 N–H and O–H groups in total. The van der Waals surface area contributed by atoms with Gasteiger partial charge >= 0.3 is 0 Å². The summed E-state index contributed by atoms with van der Waals surface area (Å²) in [6, 6.07) is 8.38. The lowest BCUT2D eigenvalue weighted by atomic mass is 9.76. The highest BCUT2D eigenvalue weighted by molar-refractivity contribution is 9.10. The molecule has 0 radical (unpaired) electrons. The van der Waals surface area contributed by atoms with E-state index in [1.165, 1.54) is 10.0 Å². The van der Waals surface area contributed by atoms with Crippen molar-refractivity contribution in [1.82, 2.24) is 5.32 Å². The fraction of sp³-hybridized carbons (Fsp3) is 0.455. The number of rotatable bonds is 3. The van der Waals surface area contributed by atoms with E-state index < -0.39 is 0 Å². The van der Waals surface area contributed by atoms with Crippen LogP contribution >= 0.6 is 15.9 Å². The van der Waals surface area contributed by atoms with Crippen LogP contribution in [-0.4, -0.2) is 26.8 Å². The minimum Gasteiger partial charge on any atom is -0.384 e. The average Bonchev–Trinajstić information content (AvgIpc) is 2.13. The van der Waals surface area contributed by atoms with Crippen LogP contribution in [0.1, 0.15) is 5.56 Å². The Labute approximate surface area is 92.8 Å². The first-order valence-corrected chi connectivity index (χ1v) is 5.52. The third-order valence-electron chi connectivity index (χ3n) is 2.79. The summed E-state index contributed by atoms with van der Waals surface area (Å²) < 4.78 is 6.48. The van der Waals surface area contributed by atoms with E-state index in [-0.39, 0.29) is 5.41 Å². The summed E-state index contributed by atoms with van der Waals surface area (Å²) in [6.07, 6.45) is 0. The fourth-order valence-corrected chi connectivity index (χ4v) is 2.67. The molecule has 1 saturated heterocycles. The van der Waals surface area contributed by atoms with Gasteiger partial charge in [0, 0.05) is 30.1 Å². The molecule has 0 saturated carbocycles. The normalized spacial score (nSPS) is 19.0. The van der Waals surface area contributed by atoms with Crippen molar-refractivity contribution in [2.24, 2.45) is 0 Å². The molecule has 14 heavy (non-hydrogen) atoms. The number of ether oxygens (including phenoxy) is 1. The van der Waals surface area contributed by atoms with E-state index in [0.29, 0.717) is 0 Å². The van der Waals surface area contributed by atoms with Crippen molar-refractivity contribution >= 4 is 15.9 Å². The van der Waals surface area contributed by atoms with Gasteiger partial charge in [-0.2, -0.15) is 0 Å². The summed E-state index contributed by atoms with van der Waals surface area (Å²) in [4.78, 5) is 0. The van der Waals surface area contributed by atoms with Gasteiger partial charge < -0.3 is 10.1 Å². The molecule has 0 amide bonds. The third-order valence-corrected chi connectivity index (χ3v) is 3.48. The van der Waals surface area contributed by atoms with Gasteiger partial charge in [0.05, 0.1) is 6.61 Å². The molecule has 0 unspecified atom stereocenters. The van der Waals surface area contributed by atoms with Crippen LogP contribution in [0, 0.1) is 0 Å². The second kappa shape index (κ2) is 4.01. The molecule has 1 fully saturated rings. The smallest absolute Gasteiger partial charge is 0.0584 e. The number of nitrogens with one attached hydrogen (secondary N) is 1. The third kappa shape index (κ3) is 1.60. The maximum Gasteiger partial charge on any atom is 0.0584 e. The highest BCUT2D eigenvalue weighted by Gasteiger charge is 2.39. The van der Waals surface area contributed by atoms with Crippen LogP contribution in [0.2, 0.25) is 0 Å². The van der Waals surface area contributed by atoms with Crippen LogP contribution in [0.5, 0.6) is 0 Å². The minimum absolute atomic E-state index is 0.175. The van der Waals surface area contributed by atoms with Gasteiger partial charge in [-0.25, -0.2) is 0 Å². The number of hydrogen-bond donors (Lipinski definition) is 1. The molecule has 1 aromatic rings. The zero-order chi connectivity index (χ0) is 10.0. The molecule has 0 atom stereocenters. The van der Waals surface area contributed by atoms with Crippen molar-refractivity contribution < 1.29 is 4.74 Å². The van der Waals surface area contributed by atoms with Crippen molar-refractivity contribution in [1.29, 1.82) is 0 Å². The molecule has 1 aromatic carbocycles. The van der Waals surface area contributed by atoms with Gasteiger partial charge in [-0.05, 0) is 11.6 Å². The first-order chi connectivity index (χ1) is 6.78. The van der Waals surface area contributed by atoms with Gasteiger partial charge in [0.15, 0.2) is 0 Å². The molecule has 1 aliphatic heterocycles. The molecule has 0 aromatic heterocycles. The van der Waals surface area contributed by atoms with E-state index in [4.69, 9.17) is 4.74 Å². The number of benzene rings is 1. The maximum absolute atomic E-state index is 5.30. The van der Waals surface area contributed by atoms with Crippen molar-refractivity contribution in [2.75, 3.05) is 26.8 Å². The van der Waals surface area contributed by atoms with Crippen molar-refractivity contribution in [3.8, 4) is 0 Å². The van der Waals surface area contributed by atoms with E-state index in [1.807, 2.05) is 6.07 Å². The molecule has 76 valence electrons. The Balaban J connectivity index is 2.32. The molecule has 1 heterocycles. The Kier molecular flexibility index (Phi) is 2.91. The molecule has 0 bridgehead atoms. The second-order valence-electron chi connectivity index (χ2n) is 3.80. The Morgan fingerprint density at radius 1 is 1.43 bits per heavy atom. The minimum atomic E-state index is 0.175. The zero-order valence-electron chi connectivity index (χ0n) is 8.22. The summed E-state index contributed by atoms with van der Waals surface area (Å²) in [7, 11) is 1.76. The van der Waals surface area contributed by atoms with Crippen molar-refractivity contribution in [2.45, 2.75) is 5.41 Å². The SMILES string of the molecule is COCC1(c2ccccc2Br)CNC1. The predicted molar refractivity (Wildman–Crippen MR) is 60.6 cm³/mol. The summed E-state index contributed by atoms with van der Waals surface area (Å²) >= 11 is 3.59. The summed E-state index contributed by atoms with van der Waals surface area (Å²) in [6.45, 7) is 2.79. The molecule has 0 spiro atoms. The predicted octanol–water partition coefficient (Wildman–Crippen LogP) is 1.94. The second-order valence-corrected chi connectivity index (χ2v) is 4.65. The number of methoxy groups -OCH3 is 1. The first kappa shape index (κ1) is 10.1. The Hall–Kier alpha value is -0.380. The van der Waals surface area contributed by atoms with Gasteiger partial charge in [-0.15, -0.1) is 0 Å². The summed E-state index contributed by atoms with van der Waals surface area (Å²) in [5.74, 6) is 0. The monoisotopic (exact) mass is 255 g/mol. The van der Waals surface area contributed by atoms with Gasteiger partial charge in [-0.3, -0.25) is 0 Å². The van der Waals surface area contributed by atoms with E-state index in [2.05, 4.69) is 39.4 Å². The number of hydrogen-bond acceptors (Lipinski definition) is 2. The zero-order valence-corrected chi connectivity index (χ0v) is 9.80. The summed E-state index contributed by atoms with van der Waals surface area (Å²) in [5.41, 5.74) is 1.52. The highest BCUT2D eigenvalue weighted by Crippen LogP contribution is 2.33. The molecular formula is C11H14BrNO. The lowest BCUT2D eigenvalue weighted by Gasteiger charge is -2.43. The Bertz CT molecular complexity index is 323. The lowest BCUT2D eigenvalue weighted by molar-refractivity contribution is 0.0943. The van der Waals surface area contributed by atoms with Crippen LogP contribution in [0.4, 0.5) is 0 Å². The topological polar surface area (TPSA) is 21.3 Å². The van der Waals surface area contributed by atoms with E-state index in [1.54, 1.807) is 7.11 Å². The first-order valence-electron chi connectivity index (χ1n) is 4.73. The van der Waals surface area contributed by atoms with Gasteiger partial charge in [0.1, 0.15) is 0 Å². The van der Waals surface area contributed by atoms with Gasteiger partial charge in [-0.1, -0.05) is 34.1 Å². The fourth-order valence-electron chi connectivity index (χ4n) is 1.96. The summed E-state index contributed by atoms with van der Waals surface area (Å²) in [5, 5.41) is 3.31. The van der Waals surface area contributed by atoms with E-state index in [0.717, 1.165) is 19.7 Å². The van der Waals surface area contributed by atoms with Gasteiger partial charge in [0.2, 0.25) is 0 Å².